The van der Waals surface area contributed by atoms with Crippen molar-refractivity contribution in [2.75, 3.05) is 0 Å². The minimum atomic E-state index is -0.985. The van der Waals surface area contributed by atoms with Gasteiger partial charge in [0.1, 0.15) is 0 Å². The summed E-state index contributed by atoms with van der Waals surface area (Å²) in [4.78, 5) is 11.6. The molecule has 0 bridgehead atoms. The molecule has 2 aromatic rings. The Labute approximate surface area is 77.8 Å². The average molecular weight is 194 g/mol. The third kappa shape index (κ3) is 1.33. The number of nitrogens with one attached hydrogen (secondary N) is 1. The SMILES string of the molecule is O=C(O)c1[nH]ncc1-c1cccs1. The van der Waals surface area contributed by atoms with Crippen LogP contribution in [0.15, 0.2) is 23.7 Å². The van der Waals surface area contributed by atoms with Crippen molar-refractivity contribution < 1.29 is 9.90 Å². The van der Waals surface area contributed by atoms with Crippen molar-refractivity contribution in [1.82, 2.24) is 10.2 Å². The Morgan fingerprint density at radius 3 is 3.08 bits per heavy atom. The first kappa shape index (κ1) is 8.00. The fourth-order valence-electron chi connectivity index (χ4n) is 1.07. The van der Waals surface area contributed by atoms with Crippen molar-refractivity contribution in [3.8, 4) is 10.4 Å². The number of aromatic carboxylic acids is 1. The molecule has 0 fully saturated rings. The number of rotatable bonds is 2. The highest BCUT2D eigenvalue weighted by atomic mass is 32.1. The summed E-state index contributed by atoms with van der Waals surface area (Å²) >= 11 is 1.49. The molecule has 0 spiro atoms. The van der Waals surface area contributed by atoms with Crippen LogP contribution in [0.2, 0.25) is 0 Å². The van der Waals surface area contributed by atoms with Crippen molar-refractivity contribution in [2.24, 2.45) is 0 Å². The summed E-state index contributed by atoms with van der Waals surface area (Å²) in [5, 5.41) is 16.8. The first-order chi connectivity index (χ1) is 6.29. The third-order valence-electron chi connectivity index (χ3n) is 1.64. The molecule has 0 aliphatic rings. The molecular weight excluding hydrogens is 188 g/mol. The second-order valence-electron chi connectivity index (χ2n) is 2.44. The van der Waals surface area contributed by atoms with Crippen molar-refractivity contribution in [3.05, 3.63) is 29.4 Å². The summed E-state index contributed by atoms with van der Waals surface area (Å²) in [6.07, 6.45) is 1.52. The normalized spacial score (nSPS) is 10.2. The molecule has 0 saturated heterocycles. The maximum absolute atomic E-state index is 10.7. The molecule has 5 heteroatoms. The van der Waals surface area contributed by atoms with Crippen molar-refractivity contribution in [2.45, 2.75) is 0 Å². The van der Waals surface area contributed by atoms with Gasteiger partial charge in [0.25, 0.3) is 0 Å². The molecule has 0 radical (unpaired) electrons. The zero-order valence-corrected chi connectivity index (χ0v) is 7.34. The van der Waals surface area contributed by atoms with Gasteiger partial charge in [0.2, 0.25) is 0 Å². The van der Waals surface area contributed by atoms with E-state index in [-0.39, 0.29) is 5.69 Å². The van der Waals surface area contributed by atoms with Crippen molar-refractivity contribution in [3.63, 3.8) is 0 Å². The highest BCUT2D eigenvalue weighted by Crippen LogP contribution is 2.26. The molecule has 2 N–H and O–H groups in total. The molecule has 0 aliphatic carbocycles. The zero-order valence-electron chi connectivity index (χ0n) is 6.52. The van der Waals surface area contributed by atoms with E-state index >= 15 is 0 Å². The van der Waals surface area contributed by atoms with Crippen LogP contribution in [0.5, 0.6) is 0 Å². The van der Waals surface area contributed by atoms with Gasteiger partial charge in [0.05, 0.1) is 6.20 Å². The van der Waals surface area contributed by atoms with E-state index in [2.05, 4.69) is 10.2 Å². The number of hydrogen-bond acceptors (Lipinski definition) is 3. The third-order valence-corrected chi connectivity index (χ3v) is 2.54. The van der Waals surface area contributed by atoms with E-state index in [1.54, 1.807) is 0 Å². The molecule has 0 amide bonds. The van der Waals surface area contributed by atoms with E-state index in [0.29, 0.717) is 5.56 Å². The van der Waals surface area contributed by atoms with Crippen molar-refractivity contribution in [1.29, 1.82) is 0 Å². The second kappa shape index (κ2) is 3.02. The van der Waals surface area contributed by atoms with Crippen LogP contribution in [0.3, 0.4) is 0 Å². The van der Waals surface area contributed by atoms with E-state index in [1.807, 2.05) is 17.5 Å². The molecule has 0 atom stereocenters. The van der Waals surface area contributed by atoms with E-state index in [1.165, 1.54) is 17.5 Å². The zero-order chi connectivity index (χ0) is 9.26. The highest BCUT2D eigenvalue weighted by Gasteiger charge is 2.13. The lowest BCUT2D eigenvalue weighted by atomic mass is 10.2. The molecular formula is C8H6N2O2S. The minimum absolute atomic E-state index is 0.141. The molecule has 2 aromatic heterocycles. The number of nitrogens with zero attached hydrogens (tertiary/aromatic N) is 1. The first-order valence-corrected chi connectivity index (χ1v) is 4.47. The predicted octanol–water partition coefficient (Wildman–Crippen LogP) is 1.84. The fraction of sp³-hybridized carbons (Fsp3) is 0. The molecule has 0 saturated carbocycles. The van der Waals surface area contributed by atoms with Gasteiger partial charge in [-0.15, -0.1) is 11.3 Å². The Balaban J connectivity index is 2.52. The predicted molar refractivity (Wildman–Crippen MR) is 48.9 cm³/mol. The van der Waals surface area contributed by atoms with Gasteiger partial charge in [-0.1, -0.05) is 6.07 Å². The summed E-state index contributed by atoms with van der Waals surface area (Å²) in [5.41, 5.74) is 0.782. The standard InChI is InChI=1S/C8H6N2O2S/c11-8(12)7-5(4-9-10-7)6-2-1-3-13-6/h1-4H,(H,9,10)(H,11,12). The largest absolute Gasteiger partial charge is 0.477 e. The number of H-pyrrole nitrogens is 1. The monoisotopic (exact) mass is 194 g/mol. The summed E-state index contributed by atoms with van der Waals surface area (Å²) in [7, 11) is 0. The first-order valence-electron chi connectivity index (χ1n) is 3.59. The summed E-state index contributed by atoms with van der Waals surface area (Å²) in [6, 6.07) is 3.74. The van der Waals surface area contributed by atoms with Crippen LogP contribution in [-0.4, -0.2) is 21.3 Å². The Bertz CT molecular complexity index is 419. The number of aromatic nitrogens is 2. The molecule has 66 valence electrons. The van der Waals surface area contributed by atoms with Crippen LogP contribution in [0.4, 0.5) is 0 Å². The number of carboxylic acids is 1. The number of hydrogen-bond donors (Lipinski definition) is 2. The van der Waals surface area contributed by atoms with Crippen molar-refractivity contribution >= 4 is 17.3 Å². The number of carbonyl (C=O) groups is 1. The molecule has 0 aliphatic heterocycles. The summed E-state index contributed by atoms with van der Waals surface area (Å²) < 4.78 is 0. The summed E-state index contributed by atoms with van der Waals surface area (Å²) in [5.74, 6) is -0.985. The van der Waals surface area contributed by atoms with E-state index in [0.717, 1.165) is 4.88 Å². The maximum Gasteiger partial charge on any atom is 0.354 e. The highest BCUT2D eigenvalue weighted by molar-refractivity contribution is 7.13. The van der Waals surface area contributed by atoms with E-state index in [4.69, 9.17) is 5.11 Å². The minimum Gasteiger partial charge on any atom is -0.477 e. The fourth-order valence-corrected chi connectivity index (χ4v) is 1.81. The van der Waals surface area contributed by atoms with Gasteiger partial charge in [-0.05, 0) is 11.4 Å². The number of aromatic amines is 1. The average Bonchev–Trinajstić information content (AvgIpc) is 2.74. The van der Waals surface area contributed by atoms with Gasteiger partial charge in [-0.25, -0.2) is 4.79 Å². The Morgan fingerprint density at radius 2 is 2.46 bits per heavy atom. The Morgan fingerprint density at radius 1 is 1.62 bits per heavy atom. The smallest absolute Gasteiger partial charge is 0.354 e. The molecule has 2 heterocycles. The van der Waals surface area contributed by atoms with Crippen LogP contribution in [0, 0.1) is 0 Å². The topological polar surface area (TPSA) is 66.0 Å². The molecule has 0 aromatic carbocycles. The molecule has 0 unspecified atom stereocenters. The molecule has 13 heavy (non-hydrogen) atoms. The lowest BCUT2D eigenvalue weighted by Crippen LogP contribution is -1.98. The van der Waals surface area contributed by atoms with Crippen LogP contribution < -0.4 is 0 Å². The number of thiophene rings is 1. The maximum atomic E-state index is 10.7. The van der Waals surface area contributed by atoms with Gasteiger partial charge in [0, 0.05) is 10.4 Å². The van der Waals surface area contributed by atoms with Crippen LogP contribution in [0.1, 0.15) is 10.5 Å². The Kier molecular flexibility index (Phi) is 1.86. The van der Waals surface area contributed by atoms with Gasteiger partial charge < -0.3 is 5.11 Å². The quantitative estimate of drug-likeness (QED) is 0.766. The van der Waals surface area contributed by atoms with Gasteiger partial charge in [-0.3, -0.25) is 5.10 Å². The second-order valence-corrected chi connectivity index (χ2v) is 3.39. The van der Waals surface area contributed by atoms with Gasteiger partial charge in [0.15, 0.2) is 5.69 Å². The summed E-state index contributed by atoms with van der Waals surface area (Å²) in [6.45, 7) is 0. The number of carboxylic acid groups (broad SMARTS) is 1. The van der Waals surface area contributed by atoms with E-state index in [9.17, 15) is 4.79 Å². The van der Waals surface area contributed by atoms with Gasteiger partial charge in [-0.2, -0.15) is 5.10 Å². The Hall–Kier alpha value is -1.62. The molecule has 2 rings (SSSR count). The lowest BCUT2D eigenvalue weighted by molar-refractivity contribution is 0.0691. The lowest BCUT2D eigenvalue weighted by Gasteiger charge is -1.92. The van der Waals surface area contributed by atoms with Crippen LogP contribution in [0.25, 0.3) is 10.4 Å². The van der Waals surface area contributed by atoms with E-state index < -0.39 is 5.97 Å². The van der Waals surface area contributed by atoms with Gasteiger partial charge >= 0.3 is 5.97 Å². The molecule has 4 nitrogen and oxygen atoms in total. The van der Waals surface area contributed by atoms with Crippen LogP contribution in [-0.2, 0) is 0 Å². The van der Waals surface area contributed by atoms with Crippen LogP contribution >= 0.6 is 11.3 Å².